The molecule has 228 valence electrons. The highest BCUT2D eigenvalue weighted by Gasteiger charge is 2.60. The van der Waals surface area contributed by atoms with Gasteiger partial charge in [-0.3, -0.25) is 18.5 Å². The molecular weight excluding hydrogens is 554 g/mol. The van der Waals surface area contributed by atoms with Gasteiger partial charge in [0.1, 0.15) is 34.6 Å². The summed E-state index contributed by atoms with van der Waals surface area (Å²) in [5, 5.41) is 5.30. The molecule has 14 nitrogen and oxygen atoms in total. The van der Waals surface area contributed by atoms with Crippen LogP contribution >= 0.6 is 0 Å². The Kier molecular flexibility index (Phi) is 4.57. The number of primary amides is 1. The molecule has 14 heteroatoms. The Morgan fingerprint density at radius 2 is 2.05 bits per heavy atom. The maximum absolute atomic E-state index is 13.7. The molecule has 0 radical (unpaired) electrons. The normalized spacial score (nSPS) is 29.9. The molecule has 0 saturated heterocycles. The average Bonchev–Trinajstić information content (AvgIpc) is 3.23. The van der Waals surface area contributed by atoms with E-state index in [-0.39, 0.29) is 59.3 Å². The molecule has 0 aliphatic heterocycles. The third-order valence-electron chi connectivity index (χ3n) is 8.48. The molecule has 0 bridgehead atoms. The largest absolute Gasteiger partial charge is 0.453 e. The number of anilines is 2. The molecule has 4 N–H and O–H groups in total. The summed E-state index contributed by atoms with van der Waals surface area (Å²) in [5.41, 5.74) is 5.04. The van der Waals surface area contributed by atoms with Crippen LogP contribution in [-0.4, -0.2) is 60.7 Å². The third kappa shape index (κ3) is 4.51. The van der Waals surface area contributed by atoms with Crippen LogP contribution in [-0.2, 0) is 26.8 Å². The molecule has 2 fully saturated rings. The van der Waals surface area contributed by atoms with Crippen molar-refractivity contribution < 1.29 is 32.8 Å². The third-order valence-corrected chi connectivity index (χ3v) is 8.48. The van der Waals surface area contributed by atoms with Crippen LogP contribution in [0, 0.1) is 12.8 Å². The van der Waals surface area contributed by atoms with Crippen LogP contribution in [0.4, 0.5) is 16.4 Å². The van der Waals surface area contributed by atoms with Crippen molar-refractivity contribution in [1.29, 1.82) is 0 Å². The highest BCUT2D eigenvalue weighted by atomic mass is 16.5. The van der Waals surface area contributed by atoms with E-state index in [0.29, 0.717) is 22.1 Å². The first kappa shape index (κ1) is 18.9. The van der Waals surface area contributed by atoms with Gasteiger partial charge in [-0.15, -0.1) is 0 Å². The van der Waals surface area contributed by atoms with Crippen molar-refractivity contribution in [2.75, 3.05) is 19.4 Å². The minimum Gasteiger partial charge on any atom is -0.453 e. The number of aryl methyl sites for hydroxylation is 2. The molecule has 43 heavy (non-hydrogen) atoms. The van der Waals surface area contributed by atoms with E-state index >= 15 is 0 Å². The van der Waals surface area contributed by atoms with Gasteiger partial charge < -0.3 is 25.8 Å². The fourth-order valence-electron chi connectivity index (χ4n) is 6.17. The van der Waals surface area contributed by atoms with Crippen molar-refractivity contribution in [3.05, 3.63) is 40.2 Å². The average molecular weight is 602 g/mol. The van der Waals surface area contributed by atoms with Gasteiger partial charge in [0.2, 0.25) is 5.91 Å². The van der Waals surface area contributed by atoms with Crippen molar-refractivity contribution >= 4 is 45.8 Å². The lowest BCUT2D eigenvalue weighted by molar-refractivity contribution is -0.122. The van der Waals surface area contributed by atoms with Crippen LogP contribution in [0.2, 0.25) is 0 Å². The highest BCUT2D eigenvalue weighted by Crippen LogP contribution is 2.52. The summed E-state index contributed by atoms with van der Waals surface area (Å²) in [5.74, 6) is -0.395. The van der Waals surface area contributed by atoms with Crippen molar-refractivity contribution in [2.45, 2.75) is 70.2 Å². The Hall–Kier alpha value is -4.46. The minimum atomic E-state index is -3.04. The lowest BCUT2D eigenvalue weighted by Gasteiger charge is -2.21. The van der Waals surface area contributed by atoms with Crippen LogP contribution in [0.3, 0.4) is 0 Å². The van der Waals surface area contributed by atoms with Crippen LogP contribution in [0.25, 0.3) is 22.2 Å². The summed E-state index contributed by atoms with van der Waals surface area (Å²) in [7, 11) is -5.80. The number of aromatic nitrogens is 6. The first-order valence-electron chi connectivity index (χ1n) is 18.6. The van der Waals surface area contributed by atoms with E-state index in [9.17, 15) is 14.4 Å². The van der Waals surface area contributed by atoms with Gasteiger partial charge in [-0.05, 0) is 57.1 Å². The highest BCUT2D eigenvalue weighted by molar-refractivity contribution is 5.90. The number of nitrogens with zero attached hydrogens (tertiary/aromatic N) is 6. The Labute approximate surface area is 261 Å². The lowest BCUT2D eigenvalue weighted by Crippen LogP contribution is -2.37. The molecule has 2 amide bonds. The number of amides is 2. The van der Waals surface area contributed by atoms with Crippen molar-refractivity contribution in [2.24, 2.45) is 18.6 Å². The summed E-state index contributed by atoms with van der Waals surface area (Å²) >= 11 is 0. The fraction of sp³-hybridized carbons (Fsp3) is 0.517. The van der Waals surface area contributed by atoms with Crippen molar-refractivity contribution in [3.63, 3.8) is 0 Å². The number of hydrogen-bond donors (Lipinski definition) is 3. The summed E-state index contributed by atoms with van der Waals surface area (Å²) in [6, 6.07) is 0.557. The Morgan fingerprint density at radius 3 is 2.74 bits per heavy atom. The minimum absolute atomic E-state index is 0.00283. The van der Waals surface area contributed by atoms with Crippen LogP contribution in [0.5, 0.6) is 0 Å². The summed E-state index contributed by atoms with van der Waals surface area (Å²) in [6.45, 7) is 2.14. The van der Waals surface area contributed by atoms with E-state index in [4.69, 9.17) is 29.2 Å². The van der Waals surface area contributed by atoms with Crippen LogP contribution in [0.1, 0.15) is 76.8 Å². The van der Waals surface area contributed by atoms with Crippen molar-refractivity contribution in [3.8, 4) is 0 Å². The van der Waals surface area contributed by atoms with Gasteiger partial charge in [0.25, 0.3) is 0 Å². The number of hydrogen-bond acceptors (Lipinski definition) is 9. The van der Waals surface area contributed by atoms with E-state index in [1.807, 2.05) is 6.92 Å². The Morgan fingerprint density at radius 1 is 1.23 bits per heavy atom. The topological polar surface area (TPSA) is 173 Å². The number of carbonyl (C=O) groups is 2. The maximum atomic E-state index is 13.7. The monoisotopic (exact) mass is 601 g/mol. The smallest absolute Gasteiger partial charge is 0.407 e. The van der Waals surface area contributed by atoms with Gasteiger partial charge in [0.15, 0.2) is 5.65 Å². The van der Waals surface area contributed by atoms with Crippen LogP contribution in [0.15, 0.2) is 23.1 Å². The second-order valence-electron chi connectivity index (χ2n) is 11.1. The van der Waals surface area contributed by atoms with E-state index in [1.165, 1.54) is 28.3 Å². The van der Waals surface area contributed by atoms with Gasteiger partial charge in [-0.1, -0.05) is 6.92 Å². The summed E-state index contributed by atoms with van der Waals surface area (Å²) in [6.07, 6.45) is -0.895. The first-order valence-corrected chi connectivity index (χ1v) is 13.6. The number of fused-ring (bicyclic) bond motifs is 2. The molecule has 5 atom stereocenters. The van der Waals surface area contributed by atoms with Gasteiger partial charge in [-0.2, -0.15) is 0 Å². The predicted octanol–water partition coefficient (Wildman–Crippen LogP) is 2.91. The number of rotatable bonds is 8. The second kappa shape index (κ2) is 10.4. The molecule has 0 aromatic carbocycles. The summed E-state index contributed by atoms with van der Waals surface area (Å²) < 4.78 is 90.1. The van der Waals surface area contributed by atoms with Gasteiger partial charge in [0, 0.05) is 36.3 Å². The molecule has 2 aliphatic carbocycles. The maximum Gasteiger partial charge on any atom is 0.407 e. The number of nitrogens with two attached hydrogens (primary N) is 1. The molecule has 4 aromatic heterocycles. The van der Waals surface area contributed by atoms with Crippen molar-refractivity contribution in [1.82, 2.24) is 34.0 Å². The van der Waals surface area contributed by atoms with E-state index in [1.54, 1.807) is 13.0 Å². The molecule has 2 saturated carbocycles. The van der Waals surface area contributed by atoms with Gasteiger partial charge in [0.05, 0.1) is 33.9 Å². The van der Waals surface area contributed by atoms with E-state index < -0.39 is 62.4 Å². The SMILES string of the molecule is [2H]C1(NC(=O)OC([2H])([2H])[2H])CCC(n2c(=O)n(C([2H])([2H])[2H])c3cnc(Nc4cc(C)c5nc(C(C)OC([2H])([2H])[2H])n(C6(C(N)=O)CC6C)c5n4)cc32)C1. The molecule has 5 unspecified atom stereocenters. The van der Waals surface area contributed by atoms with Gasteiger partial charge >= 0.3 is 11.8 Å². The zero-order valence-corrected chi connectivity index (χ0v) is 23.6. The predicted molar refractivity (Wildman–Crippen MR) is 159 cm³/mol. The van der Waals surface area contributed by atoms with E-state index in [0.717, 1.165) is 0 Å². The number of methoxy groups -OCH3 is 2. The number of imidazole rings is 2. The lowest BCUT2D eigenvalue weighted by atomic mass is 10.1. The zero-order chi connectivity index (χ0) is 39.2. The number of nitrogens with one attached hydrogen (secondary N) is 2. The number of ether oxygens (including phenoxy) is 2. The molecule has 4 heterocycles. The number of carbonyl (C=O) groups excluding carboxylic acids is 2. The molecule has 6 rings (SSSR count). The van der Waals surface area contributed by atoms with Gasteiger partial charge in [-0.25, -0.2) is 24.5 Å². The number of alkyl carbamates (subject to hydrolysis) is 1. The molecule has 2 aliphatic rings. The molecular formula is C29H37N9O5. The van der Waals surface area contributed by atoms with Crippen LogP contribution < -0.4 is 22.1 Å². The number of pyridine rings is 2. The zero-order valence-electron chi connectivity index (χ0n) is 33.6. The Bertz CT molecular complexity index is 2190. The quantitative estimate of drug-likeness (QED) is 0.274. The summed E-state index contributed by atoms with van der Waals surface area (Å²) in [4.78, 5) is 52.6. The fourth-order valence-corrected chi connectivity index (χ4v) is 6.17. The Balaban J connectivity index is 1.41. The van der Waals surface area contributed by atoms with E-state index in [2.05, 4.69) is 25.3 Å². The second-order valence-corrected chi connectivity index (χ2v) is 11.1. The molecule has 4 aromatic rings. The molecule has 0 spiro atoms. The first-order chi connectivity index (χ1) is 24.3. The standard InChI is InChI=1S/C29H37N9O5/c1-14-9-22(34-25-23(14)35-24(16(3)42-5)38(25)29(26(30)39)12-15(29)2)33-21-11-19-20(13-31-21)36(4)28(41)37(19)18-8-7-17(10-18)32-27(40)43-6/h9,11,13,15-18H,7-8,10,12H2,1-6H3,(H2,30,39)(H,32,40)(H,31,33,34)/i4D3,5D3,6D3,17D.